The summed E-state index contributed by atoms with van der Waals surface area (Å²) in [7, 11) is 0. The summed E-state index contributed by atoms with van der Waals surface area (Å²) in [4.78, 5) is 29.1. The number of rotatable bonds is 8. The van der Waals surface area contributed by atoms with E-state index in [1.807, 2.05) is 6.92 Å². The molecular formula is C26H21ClF3N7O3S. The lowest BCUT2D eigenvalue weighted by molar-refractivity contribution is -0.140. The molecule has 5 rings (SSSR count). The van der Waals surface area contributed by atoms with Crippen molar-refractivity contribution in [1.29, 1.82) is 0 Å². The zero-order valence-electron chi connectivity index (χ0n) is 21.5. The quantitative estimate of drug-likeness (QED) is 0.232. The molecule has 15 heteroatoms. The molecule has 0 aliphatic rings. The number of fused-ring (bicyclic) bond motifs is 1. The number of ether oxygens (including phenoxy) is 1. The standard InChI is InChI=1S/C26H21ClF3N7O3S/c1-3-37-13(2)17(11-32-37)16-10-19(26(28,29)30)33-25-20(16)21(22(41-25)23(31)38)34-24(39)18-7-8-36(35-18)12-40-15-6-4-5-14(27)9-15/h4-11H,3,12H2,1-2H3,(H2,31,38)(H,34,39). The number of anilines is 1. The van der Waals surface area contributed by atoms with E-state index in [2.05, 4.69) is 20.5 Å². The molecule has 41 heavy (non-hydrogen) atoms. The van der Waals surface area contributed by atoms with Gasteiger partial charge < -0.3 is 15.8 Å². The van der Waals surface area contributed by atoms with Crippen LogP contribution in [0.15, 0.2) is 48.8 Å². The number of alkyl halides is 3. The number of nitrogens with one attached hydrogen (secondary N) is 1. The second kappa shape index (κ2) is 10.9. The van der Waals surface area contributed by atoms with Gasteiger partial charge in [-0.15, -0.1) is 11.3 Å². The van der Waals surface area contributed by atoms with Crippen LogP contribution in [0, 0.1) is 6.92 Å². The highest BCUT2D eigenvalue weighted by atomic mass is 35.5. The zero-order chi connectivity index (χ0) is 29.5. The van der Waals surface area contributed by atoms with Gasteiger partial charge in [-0.25, -0.2) is 9.67 Å². The SMILES string of the molecule is CCn1ncc(-c2cc(C(F)(F)F)nc3sc(C(N)=O)c(NC(=O)c4ccn(COc5cccc(Cl)c5)n4)c23)c1C. The van der Waals surface area contributed by atoms with Crippen LogP contribution in [0.5, 0.6) is 5.75 Å². The number of aryl methyl sites for hydroxylation is 1. The van der Waals surface area contributed by atoms with Crippen molar-refractivity contribution in [2.45, 2.75) is 33.3 Å². The molecule has 0 aliphatic carbocycles. The number of amides is 2. The van der Waals surface area contributed by atoms with Crippen molar-refractivity contribution in [1.82, 2.24) is 24.5 Å². The van der Waals surface area contributed by atoms with E-state index in [-0.39, 0.29) is 38.8 Å². The van der Waals surface area contributed by atoms with Gasteiger partial charge in [-0.05, 0) is 49.7 Å². The van der Waals surface area contributed by atoms with Gasteiger partial charge >= 0.3 is 6.18 Å². The molecule has 0 spiro atoms. The van der Waals surface area contributed by atoms with Gasteiger partial charge in [-0.3, -0.25) is 14.3 Å². The number of nitrogens with two attached hydrogens (primary N) is 1. The maximum Gasteiger partial charge on any atom is 0.433 e. The van der Waals surface area contributed by atoms with Crippen LogP contribution in [-0.4, -0.2) is 36.4 Å². The maximum absolute atomic E-state index is 13.8. The number of nitrogens with zero attached hydrogens (tertiary/aromatic N) is 5. The molecule has 0 saturated heterocycles. The molecule has 212 valence electrons. The summed E-state index contributed by atoms with van der Waals surface area (Å²) in [5.74, 6) is -1.17. The highest BCUT2D eigenvalue weighted by molar-refractivity contribution is 7.21. The van der Waals surface area contributed by atoms with Gasteiger partial charge in [0.25, 0.3) is 11.8 Å². The number of primary amides is 1. The van der Waals surface area contributed by atoms with Crippen molar-refractivity contribution in [3.05, 3.63) is 75.8 Å². The smallest absolute Gasteiger partial charge is 0.433 e. The van der Waals surface area contributed by atoms with Crippen molar-refractivity contribution < 1.29 is 27.5 Å². The minimum atomic E-state index is -4.77. The van der Waals surface area contributed by atoms with Crippen LogP contribution >= 0.6 is 22.9 Å². The van der Waals surface area contributed by atoms with E-state index in [0.29, 0.717) is 39.9 Å². The third-order valence-corrected chi connectivity index (χ3v) is 7.47. The van der Waals surface area contributed by atoms with Crippen molar-refractivity contribution in [2.24, 2.45) is 5.73 Å². The topological polar surface area (TPSA) is 130 Å². The van der Waals surface area contributed by atoms with Crippen LogP contribution in [-0.2, 0) is 19.5 Å². The van der Waals surface area contributed by atoms with Crippen molar-refractivity contribution in [3.8, 4) is 16.9 Å². The largest absolute Gasteiger partial charge is 0.471 e. The minimum absolute atomic E-state index is 0.0312. The summed E-state index contributed by atoms with van der Waals surface area (Å²) >= 11 is 6.62. The van der Waals surface area contributed by atoms with Gasteiger partial charge in [0.05, 0.1) is 11.9 Å². The Morgan fingerprint density at radius 2 is 1.98 bits per heavy atom. The molecule has 0 saturated carbocycles. The van der Waals surface area contributed by atoms with Gasteiger partial charge in [0.1, 0.15) is 21.2 Å². The normalized spacial score (nSPS) is 11.7. The Morgan fingerprint density at radius 1 is 1.20 bits per heavy atom. The van der Waals surface area contributed by atoms with Crippen LogP contribution in [0.25, 0.3) is 21.3 Å². The number of carbonyl (C=O) groups excluding carboxylic acids is 2. The Labute approximate surface area is 239 Å². The van der Waals surface area contributed by atoms with E-state index in [0.717, 1.165) is 6.07 Å². The molecule has 0 aliphatic heterocycles. The number of pyridine rings is 1. The van der Waals surface area contributed by atoms with Gasteiger partial charge in [0, 0.05) is 34.4 Å². The van der Waals surface area contributed by atoms with E-state index in [9.17, 15) is 22.8 Å². The second-order valence-electron chi connectivity index (χ2n) is 8.79. The summed E-state index contributed by atoms with van der Waals surface area (Å²) in [6.07, 6.45) is -1.83. The van der Waals surface area contributed by atoms with Crippen LogP contribution < -0.4 is 15.8 Å². The molecule has 4 aromatic heterocycles. The molecule has 0 fully saturated rings. The highest BCUT2D eigenvalue weighted by Crippen LogP contribution is 2.44. The lowest BCUT2D eigenvalue weighted by Crippen LogP contribution is -2.18. The van der Waals surface area contributed by atoms with E-state index in [1.54, 1.807) is 35.9 Å². The van der Waals surface area contributed by atoms with Crippen molar-refractivity contribution in [3.63, 3.8) is 0 Å². The second-order valence-corrected chi connectivity index (χ2v) is 10.2. The Kier molecular flexibility index (Phi) is 7.44. The Morgan fingerprint density at radius 3 is 2.63 bits per heavy atom. The summed E-state index contributed by atoms with van der Waals surface area (Å²) in [6.45, 7) is 4.00. The summed E-state index contributed by atoms with van der Waals surface area (Å²) in [6, 6.07) is 9.04. The van der Waals surface area contributed by atoms with Gasteiger partial charge in [-0.2, -0.15) is 23.4 Å². The van der Waals surface area contributed by atoms with Gasteiger partial charge in [0.2, 0.25) is 0 Å². The predicted molar refractivity (Wildman–Crippen MR) is 147 cm³/mol. The molecule has 0 bridgehead atoms. The average Bonchev–Trinajstić information content (AvgIpc) is 3.64. The first-order chi connectivity index (χ1) is 19.5. The predicted octanol–water partition coefficient (Wildman–Crippen LogP) is 5.74. The molecular weight excluding hydrogens is 583 g/mol. The first-order valence-corrected chi connectivity index (χ1v) is 13.3. The molecule has 0 radical (unpaired) electrons. The van der Waals surface area contributed by atoms with Crippen molar-refractivity contribution in [2.75, 3.05) is 5.32 Å². The van der Waals surface area contributed by atoms with Crippen LogP contribution in [0.1, 0.15) is 38.5 Å². The lowest BCUT2D eigenvalue weighted by atomic mass is 10.0. The fourth-order valence-corrected chi connectivity index (χ4v) is 5.40. The molecule has 3 N–H and O–H groups in total. The number of benzene rings is 1. The first-order valence-electron chi connectivity index (χ1n) is 12.1. The van der Waals surface area contributed by atoms with Crippen LogP contribution in [0.3, 0.4) is 0 Å². The molecule has 0 atom stereocenters. The Bertz CT molecular complexity index is 1790. The van der Waals surface area contributed by atoms with Crippen LogP contribution in [0.2, 0.25) is 5.02 Å². The third kappa shape index (κ3) is 5.60. The van der Waals surface area contributed by atoms with E-state index >= 15 is 0 Å². The van der Waals surface area contributed by atoms with E-state index < -0.39 is 23.7 Å². The molecule has 2 amide bonds. The summed E-state index contributed by atoms with van der Waals surface area (Å²) in [5, 5.41) is 11.7. The summed E-state index contributed by atoms with van der Waals surface area (Å²) < 4.78 is 50.0. The third-order valence-electron chi connectivity index (χ3n) is 6.14. The van der Waals surface area contributed by atoms with Crippen molar-refractivity contribution >= 4 is 50.7 Å². The number of aromatic nitrogens is 5. The van der Waals surface area contributed by atoms with E-state index in [4.69, 9.17) is 22.1 Å². The highest BCUT2D eigenvalue weighted by Gasteiger charge is 2.35. The Balaban J connectivity index is 1.54. The zero-order valence-corrected chi connectivity index (χ0v) is 23.1. The van der Waals surface area contributed by atoms with Gasteiger partial charge in [0.15, 0.2) is 12.4 Å². The minimum Gasteiger partial charge on any atom is -0.471 e. The average molecular weight is 604 g/mol. The number of hydrogen-bond donors (Lipinski definition) is 2. The fourth-order valence-electron chi connectivity index (χ4n) is 4.21. The molecule has 0 unspecified atom stereocenters. The number of hydrogen-bond acceptors (Lipinski definition) is 7. The van der Waals surface area contributed by atoms with Gasteiger partial charge in [-0.1, -0.05) is 17.7 Å². The number of thiophene rings is 1. The fraction of sp³-hybridized carbons (Fsp3) is 0.192. The Hall–Kier alpha value is -4.43. The molecule has 4 heterocycles. The first kappa shape index (κ1) is 28.1. The monoisotopic (exact) mass is 603 g/mol. The molecule has 5 aromatic rings. The maximum atomic E-state index is 13.8. The lowest BCUT2D eigenvalue weighted by Gasteiger charge is -2.12. The summed E-state index contributed by atoms with van der Waals surface area (Å²) in [5.41, 5.74) is 5.40. The molecule has 10 nitrogen and oxygen atoms in total. The molecule has 1 aromatic carbocycles. The van der Waals surface area contributed by atoms with Crippen LogP contribution in [0.4, 0.5) is 18.9 Å². The van der Waals surface area contributed by atoms with E-state index in [1.165, 1.54) is 23.1 Å². The number of carbonyl (C=O) groups is 2. The number of halogens is 4.